The Morgan fingerprint density at radius 1 is 1.04 bits per heavy atom. The number of methoxy groups -OCH3 is 2. The van der Waals surface area contributed by atoms with E-state index in [2.05, 4.69) is 5.32 Å². The molecule has 2 aromatic carbocycles. The van der Waals surface area contributed by atoms with Crippen LogP contribution >= 0.6 is 0 Å². The number of amides is 2. The summed E-state index contributed by atoms with van der Waals surface area (Å²) in [7, 11) is 3.06. The van der Waals surface area contributed by atoms with Crippen molar-refractivity contribution in [3.05, 3.63) is 53.1 Å². The molecule has 0 atom stereocenters. The van der Waals surface area contributed by atoms with Gasteiger partial charge in [0, 0.05) is 19.2 Å². The highest BCUT2D eigenvalue weighted by Gasteiger charge is 2.27. The summed E-state index contributed by atoms with van der Waals surface area (Å²) in [6.45, 7) is 0.550. The van der Waals surface area contributed by atoms with E-state index in [1.54, 1.807) is 13.2 Å². The minimum Gasteiger partial charge on any atom is -0.493 e. The number of nitrogens with zero attached hydrogens (tertiary/aromatic N) is 1. The first-order chi connectivity index (χ1) is 12.9. The van der Waals surface area contributed by atoms with E-state index in [1.165, 1.54) is 12.0 Å². The van der Waals surface area contributed by atoms with Crippen LogP contribution in [0.2, 0.25) is 0 Å². The molecule has 1 heterocycles. The van der Waals surface area contributed by atoms with Gasteiger partial charge in [-0.1, -0.05) is 0 Å². The third kappa shape index (κ3) is 3.84. The van der Waals surface area contributed by atoms with Gasteiger partial charge in [-0.25, -0.2) is 8.78 Å². The lowest BCUT2D eigenvalue weighted by Crippen LogP contribution is -2.42. The third-order valence-electron chi connectivity index (χ3n) is 4.38. The molecule has 0 aliphatic carbocycles. The second kappa shape index (κ2) is 7.61. The number of halogens is 2. The first-order valence-corrected chi connectivity index (χ1v) is 8.22. The van der Waals surface area contributed by atoms with Crippen molar-refractivity contribution >= 4 is 17.5 Å². The van der Waals surface area contributed by atoms with Gasteiger partial charge in [0.15, 0.2) is 11.5 Å². The summed E-state index contributed by atoms with van der Waals surface area (Å²) in [5, 5.41) is 2.18. The number of hydrogen-bond acceptors (Lipinski definition) is 4. The van der Waals surface area contributed by atoms with Crippen LogP contribution in [0.4, 0.5) is 14.5 Å². The number of ether oxygens (including phenoxy) is 2. The zero-order valence-corrected chi connectivity index (χ0v) is 14.8. The van der Waals surface area contributed by atoms with E-state index in [0.29, 0.717) is 30.5 Å². The monoisotopic (exact) mass is 376 g/mol. The van der Waals surface area contributed by atoms with Crippen molar-refractivity contribution in [1.82, 2.24) is 4.90 Å². The minimum absolute atomic E-state index is 0.216. The van der Waals surface area contributed by atoms with Crippen LogP contribution in [0.3, 0.4) is 0 Å². The van der Waals surface area contributed by atoms with Crippen molar-refractivity contribution < 1.29 is 27.8 Å². The van der Waals surface area contributed by atoms with Gasteiger partial charge < -0.3 is 19.7 Å². The second-order valence-corrected chi connectivity index (χ2v) is 6.03. The number of fused-ring (bicyclic) bond motifs is 1. The molecule has 0 saturated carbocycles. The Labute approximate surface area is 154 Å². The highest BCUT2D eigenvalue weighted by Crippen LogP contribution is 2.33. The fourth-order valence-corrected chi connectivity index (χ4v) is 2.97. The first-order valence-electron chi connectivity index (χ1n) is 8.22. The third-order valence-corrected chi connectivity index (χ3v) is 4.38. The van der Waals surface area contributed by atoms with Crippen molar-refractivity contribution in [2.75, 3.05) is 26.1 Å². The normalized spacial score (nSPS) is 13.0. The van der Waals surface area contributed by atoms with Crippen molar-refractivity contribution in [2.24, 2.45) is 0 Å². The lowest BCUT2D eigenvalue weighted by molar-refractivity contribution is -0.143. The van der Waals surface area contributed by atoms with Crippen molar-refractivity contribution in [2.45, 2.75) is 13.0 Å². The molecular formula is C19H18F2N2O4. The van der Waals surface area contributed by atoms with Gasteiger partial charge in [-0.15, -0.1) is 0 Å². The van der Waals surface area contributed by atoms with Gasteiger partial charge in [-0.05, 0) is 41.8 Å². The Morgan fingerprint density at radius 2 is 1.70 bits per heavy atom. The van der Waals surface area contributed by atoms with Crippen LogP contribution in [0.5, 0.6) is 11.5 Å². The average Bonchev–Trinajstić information content (AvgIpc) is 2.67. The Balaban J connectivity index is 1.74. The number of nitrogens with one attached hydrogen (secondary N) is 1. The maximum absolute atomic E-state index is 13.7. The maximum atomic E-state index is 13.7. The van der Waals surface area contributed by atoms with Crippen molar-refractivity contribution in [3.8, 4) is 11.5 Å². The van der Waals surface area contributed by atoms with Crippen LogP contribution in [0, 0.1) is 11.6 Å². The second-order valence-electron chi connectivity index (χ2n) is 6.03. The molecule has 2 amide bonds. The summed E-state index contributed by atoms with van der Waals surface area (Å²) < 4.78 is 37.1. The van der Waals surface area contributed by atoms with E-state index in [-0.39, 0.29) is 12.2 Å². The summed E-state index contributed by atoms with van der Waals surface area (Å²) >= 11 is 0. The quantitative estimate of drug-likeness (QED) is 0.836. The molecule has 0 radical (unpaired) electrons. The SMILES string of the molecule is COc1cc2c(cc1OC)CN(C(=O)C(=O)Nc1ccc(F)cc1F)CC2. The van der Waals surface area contributed by atoms with Crippen LogP contribution < -0.4 is 14.8 Å². The molecule has 6 nitrogen and oxygen atoms in total. The molecule has 0 unspecified atom stereocenters. The molecule has 3 rings (SSSR count). The molecule has 0 aromatic heterocycles. The van der Waals surface area contributed by atoms with E-state index < -0.39 is 23.4 Å². The first kappa shape index (κ1) is 18.6. The number of carbonyl (C=O) groups is 2. The van der Waals surface area contributed by atoms with E-state index in [0.717, 1.165) is 23.3 Å². The van der Waals surface area contributed by atoms with E-state index in [1.807, 2.05) is 6.07 Å². The molecule has 1 aliphatic heterocycles. The standard InChI is InChI=1S/C19H18F2N2O4/c1-26-16-7-11-5-6-23(10-12(11)8-17(16)27-2)19(25)18(24)22-15-4-3-13(20)9-14(15)21/h3-4,7-9H,5-6,10H2,1-2H3,(H,22,24). The molecule has 1 N–H and O–H groups in total. The lowest BCUT2D eigenvalue weighted by atomic mass is 9.98. The van der Waals surface area contributed by atoms with Crippen LogP contribution in [-0.4, -0.2) is 37.5 Å². The Hall–Kier alpha value is -3.16. The smallest absolute Gasteiger partial charge is 0.313 e. The summed E-state index contributed by atoms with van der Waals surface area (Å²) in [4.78, 5) is 26.0. The highest BCUT2D eigenvalue weighted by atomic mass is 19.1. The predicted molar refractivity (Wildman–Crippen MR) is 93.7 cm³/mol. The number of carbonyl (C=O) groups excluding carboxylic acids is 2. The van der Waals surface area contributed by atoms with Gasteiger partial charge in [0.1, 0.15) is 11.6 Å². The largest absolute Gasteiger partial charge is 0.493 e. The average molecular weight is 376 g/mol. The molecule has 0 spiro atoms. The molecular weight excluding hydrogens is 358 g/mol. The molecule has 27 heavy (non-hydrogen) atoms. The fourth-order valence-electron chi connectivity index (χ4n) is 2.97. The number of benzene rings is 2. The Morgan fingerprint density at radius 3 is 2.33 bits per heavy atom. The zero-order chi connectivity index (χ0) is 19.6. The molecule has 1 aliphatic rings. The van der Waals surface area contributed by atoms with E-state index in [9.17, 15) is 18.4 Å². The van der Waals surface area contributed by atoms with Crippen LogP contribution in [0.15, 0.2) is 30.3 Å². The molecule has 0 fully saturated rings. The topological polar surface area (TPSA) is 67.9 Å². The highest BCUT2D eigenvalue weighted by molar-refractivity contribution is 6.39. The van der Waals surface area contributed by atoms with E-state index >= 15 is 0 Å². The van der Waals surface area contributed by atoms with E-state index in [4.69, 9.17) is 9.47 Å². The molecule has 142 valence electrons. The van der Waals surface area contributed by atoms with Gasteiger partial charge in [0.25, 0.3) is 0 Å². The van der Waals surface area contributed by atoms with Crippen molar-refractivity contribution in [1.29, 1.82) is 0 Å². The van der Waals surface area contributed by atoms with Gasteiger partial charge in [-0.2, -0.15) is 0 Å². The van der Waals surface area contributed by atoms with Gasteiger partial charge >= 0.3 is 11.8 Å². The Bertz CT molecular complexity index is 902. The summed E-state index contributed by atoms with van der Waals surface area (Å²) in [5.74, 6) is -2.36. The van der Waals surface area contributed by atoms with Crippen LogP contribution in [-0.2, 0) is 22.6 Å². The Kier molecular flexibility index (Phi) is 5.25. The summed E-state index contributed by atoms with van der Waals surface area (Å²) in [6.07, 6.45) is 0.541. The van der Waals surface area contributed by atoms with Crippen LogP contribution in [0.25, 0.3) is 0 Å². The van der Waals surface area contributed by atoms with Crippen molar-refractivity contribution in [3.63, 3.8) is 0 Å². The van der Waals surface area contributed by atoms with Gasteiger partial charge in [-0.3, -0.25) is 9.59 Å². The predicted octanol–water partition coefficient (Wildman–Crippen LogP) is 2.51. The van der Waals surface area contributed by atoms with Gasteiger partial charge in [0.2, 0.25) is 0 Å². The number of rotatable bonds is 3. The minimum atomic E-state index is -0.982. The maximum Gasteiger partial charge on any atom is 0.313 e. The lowest BCUT2D eigenvalue weighted by Gasteiger charge is -2.29. The molecule has 2 aromatic rings. The van der Waals surface area contributed by atoms with Gasteiger partial charge in [0.05, 0.1) is 19.9 Å². The fraction of sp³-hybridized carbons (Fsp3) is 0.263. The summed E-state index contributed by atoms with van der Waals surface area (Å²) in [6, 6.07) is 6.32. The molecule has 0 saturated heterocycles. The number of hydrogen-bond donors (Lipinski definition) is 1. The molecule has 0 bridgehead atoms. The van der Waals surface area contributed by atoms with Crippen LogP contribution in [0.1, 0.15) is 11.1 Å². The molecule has 8 heteroatoms. The summed E-state index contributed by atoms with van der Waals surface area (Å²) in [5.41, 5.74) is 1.59. The zero-order valence-electron chi connectivity index (χ0n) is 14.8. The number of anilines is 1.